The number of carbonyl (C=O) groups is 1. The third kappa shape index (κ3) is 3.55. The molecular weight excluding hydrogens is 358 g/mol. The number of rotatable bonds is 3. The Kier molecular flexibility index (Phi) is 4.66. The summed E-state index contributed by atoms with van der Waals surface area (Å²) >= 11 is 3.39. The number of hydrogen-bond acceptors (Lipinski definition) is 3. The van der Waals surface area contributed by atoms with E-state index in [4.69, 9.17) is 0 Å². The van der Waals surface area contributed by atoms with E-state index in [1.165, 1.54) is 0 Å². The molecule has 0 radical (unpaired) electrons. The Morgan fingerprint density at radius 3 is 2.78 bits per heavy atom. The SMILES string of the molecule is CC(C)c1nncn1C1CCN(C(=O)Nc2ccc(Br)cc2)C1. The Hall–Kier alpha value is -1.89. The molecule has 1 atom stereocenters. The van der Waals surface area contributed by atoms with E-state index < -0.39 is 0 Å². The molecule has 6 nitrogen and oxygen atoms in total. The number of amides is 2. The highest BCUT2D eigenvalue weighted by molar-refractivity contribution is 9.10. The first kappa shape index (κ1) is 16.0. The second-order valence-electron chi connectivity index (χ2n) is 6.08. The molecule has 1 aromatic carbocycles. The molecule has 1 N–H and O–H groups in total. The monoisotopic (exact) mass is 377 g/mol. The lowest BCUT2D eigenvalue weighted by Gasteiger charge is -2.19. The maximum Gasteiger partial charge on any atom is 0.321 e. The lowest BCUT2D eigenvalue weighted by molar-refractivity contribution is 0.220. The Balaban J connectivity index is 1.64. The molecule has 0 saturated carbocycles. The Morgan fingerprint density at radius 2 is 2.09 bits per heavy atom. The van der Waals surface area contributed by atoms with Crippen molar-refractivity contribution in [1.29, 1.82) is 0 Å². The molecule has 23 heavy (non-hydrogen) atoms. The number of nitrogens with one attached hydrogen (secondary N) is 1. The summed E-state index contributed by atoms with van der Waals surface area (Å²) in [6.45, 7) is 5.63. The molecule has 1 aromatic heterocycles. The van der Waals surface area contributed by atoms with Crippen LogP contribution in [0.25, 0.3) is 0 Å². The molecule has 2 amide bonds. The minimum atomic E-state index is -0.0611. The van der Waals surface area contributed by atoms with Crippen molar-refractivity contribution in [2.45, 2.75) is 32.2 Å². The van der Waals surface area contributed by atoms with Gasteiger partial charge in [-0.15, -0.1) is 10.2 Å². The molecule has 3 rings (SSSR count). The van der Waals surface area contributed by atoms with Crippen molar-refractivity contribution in [2.24, 2.45) is 0 Å². The molecule has 0 spiro atoms. The summed E-state index contributed by atoms with van der Waals surface area (Å²) < 4.78 is 3.10. The first-order valence-electron chi connectivity index (χ1n) is 7.75. The van der Waals surface area contributed by atoms with E-state index in [0.717, 1.165) is 29.0 Å². The average molecular weight is 378 g/mol. The van der Waals surface area contributed by atoms with Gasteiger partial charge >= 0.3 is 6.03 Å². The fourth-order valence-electron chi connectivity index (χ4n) is 2.84. The van der Waals surface area contributed by atoms with Crippen LogP contribution in [-0.4, -0.2) is 38.8 Å². The first-order valence-corrected chi connectivity index (χ1v) is 8.55. The van der Waals surface area contributed by atoms with E-state index in [0.29, 0.717) is 12.5 Å². The van der Waals surface area contributed by atoms with Crippen LogP contribution in [-0.2, 0) is 0 Å². The van der Waals surface area contributed by atoms with Gasteiger partial charge < -0.3 is 14.8 Å². The molecule has 0 bridgehead atoms. The van der Waals surface area contributed by atoms with E-state index in [1.807, 2.05) is 29.2 Å². The Morgan fingerprint density at radius 1 is 1.35 bits per heavy atom. The molecule has 7 heteroatoms. The summed E-state index contributed by atoms with van der Waals surface area (Å²) in [6, 6.07) is 7.77. The van der Waals surface area contributed by atoms with E-state index in [-0.39, 0.29) is 12.1 Å². The summed E-state index contributed by atoms with van der Waals surface area (Å²) in [5, 5.41) is 11.2. The molecule has 1 fully saturated rings. The number of urea groups is 1. The van der Waals surface area contributed by atoms with E-state index in [2.05, 4.69) is 49.9 Å². The van der Waals surface area contributed by atoms with Gasteiger partial charge in [-0.2, -0.15) is 0 Å². The Labute approximate surface area is 144 Å². The molecule has 1 saturated heterocycles. The van der Waals surface area contributed by atoms with Crippen LogP contribution in [0, 0.1) is 0 Å². The van der Waals surface area contributed by atoms with Crippen LogP contribution in [0.5, 0.6) is 0 Å². The molecular formula is C16H20BrN5O. The number of nitrogens with zero attached hydrogens (tertiary/aromatic N) is 4. The van der Waals surface area contributed by atoms with Crippen molar-refractivity contribution < 1.29 is 4.79 Å². The predicted molar refractivity (Wildman–Crippen MR) is 92.5 cm³/mol. The highest BCUT2D eigenvalue weighted by Gasteiger charge is 2.29. The van der Waals surface area contributed by atoms with Crippen molar-refractivity contribution in [3.63, 3.8) is 0 Å². The van der Waals surface area contributed by atoms with Crippen molar-refractivity contribution in [2.75, 3.05) is 18.4 Å². The second-order valence-corrected chi connectivity index (χ2v) is 6.99. The average Bonchev–Trinajstić information content (AvgIpc) is 3.17. The zero-order valence-corrected chi connectivity index (χ0v) is 14.8. The van der Waals surface area contributed by atoms with Gasteiger partial charge in [0.25, 0.3) is 0 Å². The molecule has 2 aromatic rings. The van der Waals surface area contributed by atoms with Gasteiger partial charge in [0.1, 0.15) is 12.2 Å². The number of carbonyl (C=O) groups excluding carboxylic acids is 1. The fraction of sp³-hybridized carbons (Fsp3) is 0.438. The summed E-state index contributed by atoms with van der Waals surface area (Å²) in [6.07, 6.45) is 2.70. The van der Waals surface area contributed by atoms with Crippen LogP contribution >= 0.6 is 15.9 Å². The van der Waals surface area contributed by atoms with Gasteiger partial charge in [-0.1, -0.05) is 29.8 Å². The Bertz CT molecular complexity index is 682. The van der Waals surface area contributed by atoms with E-state index >= 15 is 0 Å². The number of likely N-dealkylation sites (tertiary alicyclic amines) is 1. The third-order valence-corrected chi connectivity index (χ3v) is 4.59. The summed E-state index contributed by atoms with van der Waals surface area (Å²) in [5.41, 5.74) is 0.800. The second kappa shape index (κ2) is 6.70. The van der Waals surface area contributed by atoms with Crippen LogP contribution < -0.4 is 5.32 Å². The summed E-state index contributed by atoms with van der Waals surface area (Å²) in [4.78, 5) is 14.2. The van der Waals surface area contributed by atoms with Gasteiger partial charge in [-0.05, 0) is 30.7 Å². The van der Waals surface area contributed by atoms with Crippen LogP contribution in [0.15, 0.2) is 35.1 Å². The number of benzene rings is 1. The zero-order chi connectivity index (χ0) is 16.4. The van der Waals surface area contributed by atoms with Crippen molar-refractivity contribution >= 4 is 27.6 Å². The number of hydrogen-bond donors (Lipinski definition) is 1. The molecule has 0 aliphatic carbocycles. The molecule has 1 aliphatic rings. The summed E-state index contributed by atoms with van der Waals surface area (Å²) in [7, 11) is 0. The highest BCUT2D eigenvalue weighted by atomic mass is 79.9. The number of halogens is 1. The fourth-order valence-corrected chi connectivity index (χ4v) is 3.10. The first-order chi connectivity index (χ1) is 11.0. The third-order valence-electron chi connectivity index (χ3n) is 4.06. The number of anilines is 1. The van der Waals surface area contributed by atoms with Gasteiger partial charge in [0.2, 0.25) is 0 Å². The van der Waals surface area contributed by atoms with Gasteiger partial charge in [0.05, 0.1) is 6.04 Å². The predicted octanol–water partition coefficient (Wildman–Crippen LogP) is 3.64. The maximum absolute atomic E-state index is 12.4. The van der Waals surface area contributed by atoms with Crippen LogP contribution in [0.3, 0.4) is 0 Å². The lowest BCUT2D eigenvalue weighted by atomic mass is 10.2. The zero-order valence-electron chi connectivity index (χ0n) is 13.2. The van der Waals surface area contributed by atoms with Gasteiger partial charge in [0, 0.05) is 29.2 Å². The van der Waals surface area contributed by atoms with Crippen LogP contribution in [0.2, 0.25) is 0 Å². The normalized spacial score (nSPS) is 17.7. The van der Waals surface area contributed by atoms with Gasteiger partial charge in [0.15, 0.2) is 0 Å². The lowest BCUT2D eigenvalue weighted by Crippen LogP contribution is -2.33. The molecule has 1 unspecified atom stereocenters. The smallest absolute Gasteiger partial charge is 0.321 e. The van der Waals surface area contributed by atoms with Gasteiger partial charge in [-0.3, -0.25) is 0 Å². The molecule has 122 valence electrons. The minimum absolute atomic E-state index is 0.0611. The van der Waals surface area contributed by atoms with E-state index in [9.17, 15) is 4.79 Å². The molecule has 1 aliphatic heterocycles. The highest BCUT2D eigenvalue weighted by Crippen LogP contribution is 2.25. The standard InChI is InChI=1S/C16H20BrN5O/c1-11(2)15-20-18-10-22(15)14-7-8-21(9-14)16(23)19-13-5-3-12(17)4-6-13/h3-6,10-11,14H,7-9H2,1-2H3,(H,19,23). The molecule has 2 heterocycles. The van der Waals surface area contributed by atoms with Crippen LogP contribution in [0.4, 0.5) is 10.5 Å². The number of aromatic nitrogens is 3. The van der Waals surface area contributed by atoms with E-state index in [1.54, 1.807) is 6.33 Å². The maximum atomic E-state index is 12.4. The quantitative estimate of drug-likeness (QED) is 0.887. The van der Waals surface area contributed by atoms with Crippen LogP contribution in [0.1, 0.15) is 38.1 Å². The van der Waals surface area contributed by atoms with Crippen molar-refractivity contribution in [1.82, 2.24) is 19.7 Å². The van der Waals surface area contributed by atoms with Crippen molar-refractivity contribution in [3.05, 3.63) is 40.9 Å². The van der Waals surface area contributed by atoms with Crippen molar-refractivity contribution in [3.8, 4) is 0 Å². The topological polar surface area (TPSA) is 63.1 Å². The summed E-state index contributed by atoms with van der Waals surface area (Å²) in [5.74, 6) is 1.30. The van der Waals surface area contributed by atoms with Gasteiger partial charge in [-0.25, -0.2) is 4.79 Å². The minimum Gasteiger partial charge on any atom is -0.322 e. The largest absolute Gasteiger partial charge is 0.322 e.